The molecule has 92 valence electrons. The predicted molar refractivity (Wildman–Crippen MR) is 71.0 cm³/mol. The van der Waals surface area contributed by atoms with Crippen LogP contribution in [-0.4, -0.2) is 22.1 Å². The Kier molecular flexibility index (Phi) is 3.69. The summed E-state index contributed by atoms with van der Waals surface area (Å²) in [4.78, 5) is 8.27. The van der Waals surface area contributed by atoms with Gasteiger partial charge < -0.3 is 15.2 Å². The van der Waals surface area contributed by atoms with Crippen LogP contribution in [-0.2, 0) is 0 Å². The molecule has 2 rings (SSSR count). The summed E-state index contributed by atoms with van der Waals surface area (Å²) in [6, 6.07) is 9.01. The van der Waals surface area contributed by atoms with Gasteiger partial charge in [0.2, 0.25) is 0 Å². The number of thiocarbonyl (C=S) groups is 1. The van der Waals surface area contributed by atoms with E-state index in [0.717, 1.165) is 0 Å². The second-order valence-electron chi connectivity index (χ2n) is 3.34. The number of hydrogen-bond donors (Lipinski definition) is 1. The minimum Gasteiger partial charge on any atom is -0.493 e. The SMILES string of the molecule is COc1ccccc1Oc1nccc(C(N)=S)n1. The maximum absolute atomic E-state index is 5.53. The summed E-state index contributed by atoms with van der Waals surface area (Å²) in [5.74, 6) is 1.13. The molecule has 0 bridgehead atoms. The molecule has 0 aliphatic heterocycles. The molecule has 2 N–H and O–H groups in total. The van der Waals surface area contributed by atoms with Gasteiger partial charge >= 0.3 is 6.01 Å². The van der Waals surface area contributed by atoms with E-state index in [1.807, 2.05) is 12.1 Å². The summed E-state index contributed by atoms with van der Waals surface area (Å²) in [7, 11) is 1.56. The highest BCUT2D eigenvalue weighted by atomic mass is 32.1. The van der Waals surface area contributed by atoms with E-state index in [9.17, 15) is 0 Å². The molecular weight excluding hydrogens is 250 g/mol. The Bertz CT molecular complexity index is 575. The molecule has 0 amide bonds. The van der Waals surface area contributed by atoms with E-state index in [-0.39, 0.29) is 11.0 Å². The average Bonchev–Trinajstić information content (AvgIpc) is 2.39. The Balaban J connectivity index is 2.28. The van der Waals surface area contributed by atoms with Gasteiger partial charge in [-0.1, -0.05) is 24.4 Å². The van der Waals surface area contributed by atoms with Crippen LogP contribution in [0.1, 0.15) is 5.69 Å². The lowest BCUT2D eigenvalue weighted by Crippen LogP contribution is -2.12. The van der Waals surface area contributed by atoms with Crippen LogP contribution in [0, 0.1) is 0 Å². The highest BCUT2D eigenvalue weighted by Crippen LogP contribution is 2.29. The molecule has 0 saturated heterocycles. The van der Waals surface area contributed by atoms with E-state index < -0.39 is 0 Å². The van der Waals surface area contributed by atoms with Gasteiger partial charge in [-0.25, -0.2) is 4.98 Å². The Labute approximate surface area is 110 Å². The molecule has 0 aliphatic rings. The van der Waals surface area contributed by atoms with Crippen molar-refractivity contribution < 1.29 is 9.47 Å². The first-order valence-electron chi connectivity index (χ1n) is 5.14. The molecule has 1 aromatic heterocycles. The molecule has 1 heterocycles. The second-order valence-corrected chi connectivity index (χ2v) is 3.78. The molecular formula is C12H11N3O2S. The zero-order chi connectivity index (χ0) is 13.0. The predicted octanol–water partition coefficient (Wildman–Crippen LogP) is 1.91. The minimum absolute atomic E-state index is 0.171. The smallest absolute Gasteiger partial charge is 0.322 e. The third-order valence-electron chi connectivity index (χ3n) is 2.16. The van der Waals surface area contributed by atoms with Crippen molar-refractivity contribution in [3.05, 3.63) is 42.2 Å². The molecule has 6 heteroatoms. The van der Waals surface area contributed by atoms with Crippen molar-refractivity contribution in [1.82, 2.24) is 9.97 Å². The van der Waals surface area contributed by atoms with Crippen LogP contribution in [0.25, 0.3) is 0 Å². The number of ether oxygens (including phenoxy) is 2. The van der Waals surface area contributed by atoms with Gasteiger partial charge in [-0.2, -0.15) is 4.98 Å². The number of nitrogens with two attached hydrogens (primary N) is 1. The van der Waals surface area contributed by atoms with Crippen molar-refractivity contribution in [3.8, 4) is 17.5 Å². The molecule has 18 heavy (non-hydrogen) atoms. The highest BCUT2D eigenvalue weighted by Gasteiger charge is 2.07. The molecule has 0 unspecified atom stereocenters. The van der Waals surface area contributed by atoms with Crippen LogP contribution >= 0.6 is 12.2 Å². The monoisotopic (exact) mass is 261 g/mol. The van der Waals surface area contributed by atoms with E-state index in [4.69, 9.17) is 27.4 Å². The van der Waals surface area contributed by atoms with Crippen molar-refractivity contribution >= 4 is 17.2 Å². The molecule has 0 atom stereocenters. The topological polar surface area (TPSA) is 70.3 Å². The van der Waals surface area contributed by atoms with Crippen LogP contribution in [0.15, 0.2) is 36.5 Å². The molecule has 0 aliphatic carbocycles. The number of nitrogens with zero attached hydrogens (tertiary/aromatic N) is 2. The minimum atomic E-state index is 0.171. The van der Waals surface area contributed by atoms with Gasteiger partial charge in [0, 0.05) is 6.20 Å². The van der Waals surface area contributed by atoms with E-state index in [1.54, 1.807) is 25.3 Å². The van der Waals surface area contributed by atoms with Gasteiger partial charge in [0.05, 0.1) is 7.11 Å². The zero-order valence-electron chi connectivity index (χ0n) is 9.66. The Morgan fingerprint density at radius 1 is 1.22 bits per heavy atom. The number of hydrogen-bond acceptors (Lipinski definition) is 5. The largest absolute Gasteiger partial charge is 0.493 e. The third-order valence-corrected chi connectivity index (χ3v) is 2.37. The number of rotatable bonds is 4. The first-order valence-corrected chi connectivity index (χ1v) is 5.55. The summed E-state index contributed by atoms with van der Waals surface area (Å²) >= 11 is 4.84. The van der Waals surface area contributed by atoms with Gasteiger partial charge in [-0.05, 0) is 18.2 Å². The van der Waals surface area contributed by atoms with Gasteiger partial charge in [-0.15, -0.1) is 0 Å². The number of benzene rings is 1. The zero-order valence-corrected chi connectivity index (χ0v) is 10.5. The number of methoxy groups -OCH3 is 1. The highest BCUT2D eigenvalue weighted by molar-refractivity contribution is 7.80. The van der Waals surface area contributed by atoms with Crippen molar-refractivity contribution in [2.75, 3.05) is 7.11 Å². The summed E-state index contributed by atoms with van der Waals surface area (Å²) < 4.78 is 10.7. The van der Waals surface area contributed by atoms with E-state index in [0.29, 0.717) is 17.2 Å². The molecule has 0 saturated carbocycles. The van der Waals surface area contributed by atoms with Crippen LogP contribution < -0.4 is 15.2 Å². The Morgan fingerprint density at radius 2 is 1.94 bits per heavy atom. The van der Waals surface area contributed by atoms with Gasteiger partial charge in [-0.3, -0.25) is 0 Å². The fraction of sp³-hybridized carbons (Fsp3) is 0.0833. The third kappa shape index (κ3) is 2.72. The fourth-order valence-corrected chi connectivity index (χ4v) is 1.44. The fourth-order valence-electron chi connectivity index (χ4n) is 1.33. The molecule has 5 nitrogen and oxygen atoms in total. The molecule has 0 spiro atoms. The summed E-state index contributed by atoms with van der Waals surface area (Å²) in [5.41, 5.74) is 5.96. The summed E-state index contributed by atoms with van der Waals surface area (Å²) in [6.45, 7) is 0. The maximum Gasteiger partial charge on any atom is 0.322 e. The van der Waals surface area contributed by atoms with Gasteiger partial charge in [0.25, 0.3) is 0 Å². The molecule has 2 aromatic rings. The van der Waals surface area contributed by atoms with Crippen molar-refractivity contribution in [2.45, 2.75) is 0 Å². The lowest BCUT2D eigenvalue weighted by Gasteiger charge is -2.08. The van der Waals surface area contributed by atoms with Crippen LogP contribution in [0.4, 0.5) is 0 Å². The quantitative estimate of drug-likeness (QED) is 0.848. The Hall–Kier alpha value is -2.21. The van der Waals surface area contributed by atoms with Crippen molar-refractivity contribution in [1.29, 1.82) is 0 Å². The first kappa shape index (κ1) is 12.3. The van der Waals surface area contributed by atoms with Crippen LogP contribution in [0.5, 0.6) is 17.5 Å². The van der Waals surface area contributed by atoms with Crippen molar-refractivity contribution in [3.63, 3.8) is 0 Å². The first-order chi connectivity index (χ1) is 8.70. The second kappa shape index (κ2) is 5.42. The Morgan fingerprint density at radius 3 is 2.61 bits per heavy atom. The molecule has 0 radical (unpaired) electrons. The standard InChI is InChI=1S/C12H11N3O2S/c1-16-9-4-2-3-5-10(9)17-12-14-7-6-8(15-12)11(13)18/h2-7H,1H3,(H2,13,18). The lowest BCUT2D eigenvalue weighted by atomic mass is 10.3. The van der Waals surface area contributed by atoms with Crippen LogP contribution in [0.3, 0.4) is 0 Å². The van der Waals surface area contributed by atoms with E-state index in [1.165, 1.54) is 6.20 Å². The number of aromatic nitrogens is 2. The van der Waals surface area contributed by atoms with E-state index in [2.05, 4.69) is 9.97 Å². The van der Waals surface area contributed by atoms with Crippen LogP contribution in [0.2, 0.25) is 0 Å². The van der Waals surface area contributed by atoms with E-state index >= 15 is 0 Å². The maximum atomic E-state index is 5.53. The normalized spacial score (nSPS) is 9.83. The van der Waals surface area contributed by atoms with Crippen molar-refractivity contribution in [2.24, 2.45) is 5.73 Å². The summed E-state index contributed by atoms with van der Waals surface area (Å²) in [6.07, 6.45) is 1.53. The number of para-hydroxylation sites is 2. The molecule has 0 fully saturated rings. The average molecular weight is 261 g/mol. The summed E-state index contributed by atoms with van der Waals surface area (Å²) in [5, 5.41) is 0. The van der Waals surface area contributed by atoms with Gasteiger partial charge in [0.1, 0.15) is 10.7 Å². The van der Waals surface area contributed by atoms with Gasteiger partial charge in [0.15, 0.2) is 11.5 Å². The lowest BCUT2D eigenvalue weighted by molar-refractivity contribution is 0.368. The molecule has 1 aromatic carbocycles.